The highest BCUT2D eigenvalue weighted by Gasteiger charge is 2.66. The van der Waals surface area contributed by atoms with E-state index in [9.17, 15) is 14.0 Å². The van der Waals surface area contributed by atoms with E-state index in [1.165, 1.54) is 18.2 Å². The van der Waals surface area contributed by atoms with Gasteiger partial charge in [0.05, 0.1) is 22.5 Å². The van der Waals surface area contributed by atoms with Gasteiger partial charge in [0.25, 0.3) is 0 Å². The Labute approximate surface area is 178 Å². The molecular formula is C25H17ClFNO2. The summed E-state index contributed by atoms with van der Waals surface area (Å²) in [6.45, 7) is 2.06. The summed E-state index contributed by atoms with van der Waals surface area (Å²) < 4.78 is 14.1. The summed E-state index contributed by atoms with van der Waals surface area (Å²) in [5.74, 6) is -2.42. The Morgan fingerprint density at radius 2 is 1.50 bits per heavy atom. The third-order valence-corrected chi connectivity index (χ3v) is 7.51. The monoisotopic (exact) mass is 417 g/mol. The quantitative estimate of drug-likeness (QED) is 0.519. The zero-order chi connectivity index (χ0) is 20.8. The van der Waals surface area contributed by atoms with E-state index in [2.05, 4.69) is 31.2 Å². The van der Waals surface area contributed by atoms with Crippen molar-refractivity contribution in [2.45, 2.75) is 18.3 Å². The van der Waals surface area contributed by atoms with Crippen molar-refractivity contribution in [1.82, 2.24) is 0 Å². The number of nitrogens with zero attached hydrogens (tertiary/aromatic N) is 1. The lowest BCUT2D eigenvalue weighted by molar-refractivity contribution is -0.123. The number of rotatable bonds is 1. The van der Waals surface area contributed by atoms with Crippen LogP contribution >= 0.6 is 11.6 Å². The van der Waals surface area contributed by atoms with Crippen molar-refractivity contribution in [2.75, 3.05) is 4.90 Å². The maximum Gasteiger partial charge on any atom is 0.238 e. The van der Waals surface area contributed by atoms with Gasteiger partial charge in [-0.2, -0.15) is 0 Å². The predicted octanol–water partition coefficient (Wildman–Crippen LogP) is 5.05. The smallest absolute Gasteiger partial charge is 0.238 e. The van der Waals surface area contributed by atoms with Crippen LogP contribution in [-0.2, 0) is 15.0 Å². The minimum Gasteiger partial charge on any atom is -0.274 e. The van der Waals surface area contributed by atoms with Gasteiger partial charge in [-0.3, -0.25) is 9.59 Å². The highest BCUT2D eigenvalue weighted by atomic mass is 35.5. The summed E-state index contributed by atoms with van der Waals surface area (Å²) in [5, 5.41) is -0.0397. The number of benzene rings is 3. The highest BCUT2D eigenvalue weighted by Crippen LogP contribution is 2.64. The molecule has 7 rings (SSSR count). The molecule has 3 aromatic rings. The van der Waals surface area contributed by atoms with Crippen LogP contribution < -0.4 is 4.90 Å². The molecule has 0 radical (unpaired) electrons. The zero-order valence-corrected chi connectivity index (χ0v) is 16.9. The van der Waals surface area contributed by atoms with Crippen molar-refractivity contribution in [2.24, 2.45) is 11.8 Å². The van der Waals surface area contributed by atoms with Crippen LogP contribution in [0.25, 0.3) is 0 Å². The number of amides is 2. The minimum atomic E-state index is -0.648. The second kappa shape index (κ2) is 5.79. The Morgan fingerprint density at radius 3 is 2.10 bits per heavy atom. The number of carbonyl (C=O) groups excluding carboxylic acids is 2. The molecule has 0 aromatic heterocycles. The lowest BCUT2D eigenvalue weighted by atomic mass is 9.48. The fraction of sp³-hybridized carbons (Fsp3) is 0.200. The van der Waals surface area contributed by atoms with Crippen LogP contribution in [0.3, 0.4) is 0 Å². The Morgan fingerprint density at radius 1 is 0.900 bits per heavy atom. The maximum absolute atomic E-state index is 14.1. The largest absolute Gasteiger partial charge is 0.274 e. The summed E-state index contributed by atoms with van der Waals surface area (Å²) in [6, 6.07) is 20.3. The van der Waals surface area contributed by atoms with Crippen molar-refractivity contribution in [3.05, 3.63) is 99.8 Å². The van der Waals surface area contributed by atoms with Gasteiger partial charge < -0.3 is 0 Å². The van der Waals surface area contributed by atoms with Crippen molar-refractivity contribution in [3.8, 4) is 0 Å². The molecule has 3 aromatic carbocycles. The van der Waals surface area contributed by atoms with E-state index in [-0.39, 0.29) is 28.4 Å². The molecule has 0 unspecified atom stereocenters. The molecule has 3 aliphatic carbocycles. The lowest BCUT2D eigenvalue weighted by Crippen LogP contribution is -2.51. The molecule has 5 heteroatoms. The van der Waals surface area contributed by atoms with Crippen LogP contribution in [0.1, 0.15) is 35.1 Å². The molecule has 0 saturated carbocycles. The highest BCUT2D eigenvalue weighted by molar-refractivity contribution is 6.31. The van der Waals surface area contributed by atoms with E-state index < -0.39 is 23.1 Å². The molecule has 148 valence electrons. The van der Waals surface area contributed by atoms with Crippen molar-refractivity contribution in [1.29, 1.82) is 0 Å². The summed E-state index contributed by atoms with van der Waals surface area (Å²) in [6.07, 6.45) is 0. The van der Waals surface area contributed by atoms with Crippen molar-refractivity contribution < 1.29 is 14.0 Å². The molecule has 1 saturated heterocycles. The third kappa shape index (κ3) is 1.95. The van der Waals surface area contributed by atoms with Gasteiger partial charge in [-0.05, 0) is 40.5 Å². The van der Waals surface area contributed by atoms with Crippen molar-refractivity contribution in [3.63, 3.8) is 0 Å². The SMILES string of the molecule is CC12c3ccccc3C(c3ccccc31)[C@H]1C(=O)N(c3ccc(Cl)c(F)c3)C(=O)[C@H]12. The first-order valence-electron chi connectivity index (χ1n) is 9.96. The fourth-order valence-electron chi connectivity index (χ4n) is 6.03. The third-order valence-electron chi connectivity index (χ3n) is 7.20. The van der Waals surface area contributed by atoms with Crippen molar-refractivity contribution >= 4 is 29.1 Å². The second-order valence-electron chi connectivity index (χ2n) is 8.47. The van der Waals surface area contributed by atoms with Crippen LogP contribution in [0, 0.1) is 17.7 Å². The van der Waals surface area contributed by atoms with Crippen LogP contribution in [0.15, 0.2) is 66.7 Å². The summed E-state index contributed by atoms with van der Waals surface area (Å²) in [5.41, 5.74) is 4.01. The lowest BCUT2D eigenvalue weighted by Gasteiger charge is -2.52. The van der Waals surface area contributed by atoms with Gasteiger partial charge >= 0.3 is 0 Å². The average molecular weight is 418 g/mol. The molecule has 1 fully saturated rings. The number of carbonyl (C=O) groups is 2. The second-order valence-corrected chi connectivity index (χ2v) is 8.88. The van der Waals surface area contributed by atoms with E-state index >= 15 is 0 Å². The molecule has 0 N–H and O–H groups in total. The Bertz CT molecular complexity index is 1220. The number of anilines is 1. The summed E-state index contributed by atoms with van der Waals surface area (Å²) in [4.78, 5) is 28.5. The van der Waals surface area contributed by atoms with Gasteiger partial charge in [0.2, 0.25) is 11.8 Å². The molecule has 2 bridgehead atoms. The molecule has 4 aliphatic rings. The number of hydrogen-bond donors (Lipinski definition) is 0. The predicted molar refractivity (Wildman–Crippen MR) is 112 cm³/mol. The zero-order valence-electron chi connectivity index (χ0n) is 16.1. The first-order chi connectivity index (χ1) is 14.4. The number of halogens is 2. The number of hydrogen-bond acceptors (Lipinski definition) is 2. The maximum atomic E-state index is 14.1. The first kappa shape index (κ1) is 17.8. The molecular weight excluding hydrogens is 401 g/mol. The van der Waals surface area contributed by atoms with Crippen LogP contribution in [0.5, 0.6) is 0 Å². The molecule has 1 heterocycles. The summed E-state index contributed by atoms with van der Waals surface area (Å²) >= 11 is 5.82. The first-order valence-corrected chi connectivity index (χ1v) is 10.3. The van der Waals surface area contributed by atoms with Gasteiger partial charge in [0.15, 0.2) is 0 Å². The van der Waals surface area contributed by atoms with E-state index in [0.717, 1.165) is 27.2 Å². The Kier molecular flexibility index (Phi) is 3.45. The van der Waals surface area contributed by atoms with Gasteiger partial charge in [-0.15, -0.1) is 0 Å². The van der Waals surface area contributed by atoms with E-state index in [1.54, 1.807) is 0 Å². The van der Waals surface area contributed by atoms with Crippen LogP contribution in [0.2, 0.25) is 5.02 Å². The number of imide groups is 1. The van der Waals surface area contributed by atoms with Gasteiger partial charge in [0, 0.05) is 11.3 Å². The fourth-order valence-corrected chi connectivity index (χ4v) is 6.15. The van der Waals surface area contributed by atoms with E-state index in [4.69, 9.17) is 11.6 Å². The van der Waals surface area contributed by atoms with Gasteiger partial charge in [-0.25, -0.2) is 9.29 Å². The van der Waals surface area contributed by atoms with Crippen LogP contribution in [0.4, 0.5) is 10.1 Å². The Balaban J connectivity index is 1.60. The molecule has 0 spiro atoms. The topological polar surface area (TPSA) is 37.4 Å². The summed E-state index contributed by atoms with van der Waals surface area (Å²) in [7, 11) is 0. The van der Waals surface area contributed by atoms with Gasteiger partial charge in [0.1, 0.15) is 5.82 Å². The van der Waals surface area contributed by atoms with E-state index in [1.807, 2.05) is 24.3 Å². The molecule has 2 amide bonds. The minimum absolute atomic E-state index is 0.0397. The van der Waals surface area contributed by atoms with E-state index in [0.29, 0.717) is 0 Å². The standard InChI is InChI=1S/C25H17ClFNO2/c1-25-16-8-4-2-6-14(16)20(15-7-3-5-9-17(15)25)21-22(25)24(30)28(23(21)29)13-10-11-18(26)19(27)12-13/h2-12,20-22H,1H3/t20?,21-,22+,25?/m1/s1. The Hall–Kier alpha value is -2.98. The molecule has 2 atom stereocenters. The molecule has 1 aliphatic heterocycles. The molecule has 30 heavy (non-hydrogen) atoms. The van der Waals surface area contributed by atoms with Gasteiger partial charge in [-0.1, -0.05) is 67.1 Å². The van der Waals surface area contributed by atoms with Crippen LogP contribution in [-0.4, -0.2) is 11.8 Å². The average Bonchev–Trinajstić information content (AvgIpc) is 3.02. The normalized spacial score (nSPS) is 28.4. The molecule has 3 nitrogen and oxygen atoms in total.